The minimum atomic E-state index is -0.186. The molecule has 2 aromatic carbocycles. The molecule has 0 radical (unpaired) electrons. The van der Waals surface area contributed by atoms with Gasteiger partial charge in [-0.1, -0.05) is 78.3 Å². The molecule has 1 atom stereocenters. The van der Waals surface area contributed by atoms with Gasteiger partial charge in [-0.25, -0.2) is 0 Å². The summed E-state index contributed by atoms with van der Waals surface area (Å²) in [7, 11) is 2.07. The fourth-order valence-corrected chi connectivity index (χ4v) is 3.74. The van der Waals surface area contributed by atoms with Crippen molar-refractivity contribution >= 4 is 23.4 Å². The molecule has 1 nitrogen and oxygen atoms in total. The van der Waals surface area contributed by atoms with Crippen LogP contribution in [0, 0.1) is 19.3 Å². The van der Waals surface area contributed by atoms with E-state index < -0.39 is 0 Å². The number of likely N-dealkylation sites (N-methyl/N-ethyl adjacent to an activating group) is 1. The normalized spacial score (nSPS) is 13.5. The molecule has 31 heavy (non-hydrogen) atoms. The predicted octanol–water partition coefficient (Wildman–Crippen LogP) is 7.24. The Morgan fingerprint density at radius 2 is 1.94 bits per heavy atom. The Hall–Kier alpha value is -3.46. The summed E-state index contributed by atoms with van der Waals surface area (Å²) in [4.78, 5) is 2.18. The van der Waals surface area contributed by atoms with Crippen molar-refractivity contribution < 1.29 is 0 Å². The van der Waals surface area contributed by atoms with Crippen LogP contribution in [0.2, 0.25) is 0 Å². The Kier molecular flexibility index (Phi) is 7.55. The summed E-state index contributed by atoms with van der Waals surface area (Å²) in [6.45, 7) is 6.20. The zero-order chi connectivity index (χ0) is 22.2. The molecule has 0 heterocycles. The van der Waals surface area contributed by atoms with Gasteiger partial charge in [-0.05, 0) is 68.0 Å². The first-order valence-corrected chi connectivity index (χ1v) is 10.9. The zero-order valence-corrected chi connectivity index (χ0v) is 19.0. The summed E-state index contributed by atoms with van der Waals surface area (Å²) >= 11 is 0. The van der Waals surface area contributed by atoms with Crippen LogP contribution in [0.1, 0.15) is 48.1 Å². The Morgan fingerprint density at radius 1 is 1.16 bits per heavy atom. The van der Waals surface area contributed by atoms with Crippen LogP contribution < -0.4 is 4.90 Å². The number of allylic oxidation sites excluding steroid dienone is 4. The van der Waals surface area contributed by atoms with Gasteiger partial charge in [-0.3, -0.25) is 0 Å². The summed E-state index contributed by atoms with van der Waals surface area (Å²) in [5.41, 5.74) is 11.9. The van der Waals surface area contributed by atoms with E-state index in [1.165, 1.54) is 22.3 Å². The third kappa shape index (κ3) is 5.58. The predicted molar refractivity (Wildman–Crippen MR) is 137 cm³/mol. The summed E-state index contributed by atoms with van der Waals surface area (Å²) in [6, 6.07) is 12.8. The minimum absolute atomic E-state index is 0.186. The van der Waals surface area contributed by atoms with Gasteiger partial charge in [0.2, 0.25) is 0 Å². The van der Waals surface area contributed by atoms with Crippen molar-refractivity contribution in [3.8, 4) is 12.3 Å². The van der Waals surface area contributed by atoms with Gasteiger partial charge in [0.1, 0.15) is 6.04 Å². The van der Waals surface area contributed by atoms with Crippen LogP contribution in [0.15, 0.2) is 72.5 Å². The van der Waals surface area contributed by atoms with Gasteiger partial charge in [0, 0.05) is 18.3 Å². The fraction of sp³-hybridized carbons (Fsp3) is 0.233. The number of rotatable bonds is 6. The SMILES string of the molecule is C#CC(C=C=C(C)c1ccc(C)cc1)N(C)c1cc(/C=C\C=C/C)cc2c1C=CCC2. The molecule has 0 saturated carbocycles. The van der Waals surface area contributed by atoms with E-state index >= 15 is 0 Å². The van der Waals surface area contributed by atoms with E-state index in [-0.39, 0.29) is 6.04 Å². The Balaban J connectivity index is 1.97. The van der Waals surface area contributed by atoms with E-state index in [0.29, 0.717) is 0 Å². The third-order valence-electron chi connectivity index (χ3n) is 5.63. The standard InChI is InChI=1S/C30H31N/c1-6-8-9-12-25-21-27-13-10-11-14-29(27)30(22-25)31(5)28(7-2)20-17-24(4)26-18-15-23(3)16-19-26/h2,6,8-9,11-12,14-16,18-22,28H,10,13H2,1,3-5H3/b8-6-,12-9-. The topological polar surface area (TPSA) is 3.24 Å². The van der Waals surface area contributed by atoms with Gasteiger partial charge >= 0.3 is 0 Å². The molecule has 0 N–H and O–H groups in total. The lowest BCUT2D eigenvalue weighted by molar-refractivity contribution is 0.906. The minimum Gasteiger partial charge on any atom is -0.356 e. The first kappa shape index (κ1) is 22.2. The number of benzene rings is 2. The van der Waals surface area contributed by atoms with Crippen molar-refractivity contribution in [2.75, 3.05) is 11.9 Å². The van der Waals surface area contributed by atoms with Crippen LogP contribution in [0.4, 0.5) is 5.69 Å². The molecule has 0 spiro atoms. The van der Waals surface area contributed by atoms with Gasteiger partial charge in [0.05, 0.1) is 0 Å². The molecular formula is C30H31N. The molecule has 0 fully saturated rings. The number of hydrogen-bond donors (Lipinski definition) is 0. The van der Waals surface area contributed by atoms with E-state index in [2.05, 4.69) is 98.1 Å². The van der Waals surface area contributed by atoms with Crippen LogP contribution in [0.25, 0.3) is 17.7 Å². The maximum Gasteiger partial charge on any atom is 0.116 e. The van der Waals surface area contributed by atoms with Crippen molar-refractivity contribution in [3.05, 3.63) is 100 Å². The molecule has 0 bridgehead atoms. The average Bonchev–Trinajstić information content (AvgIpc) is 2.79. The lowest BCUT2D eigenvalue weighted by Crippen LogP contribution is -2.29. The van der Waals surface area contributed by atoms with Crippen molar-refractivity contribution in [3.63, 3.8) is 0 Å². The highest BCUT2D eigenvalue weighted by Crippen LogP contribution is 2.32. The molecule has 0 aromatic heterocycles. The van der Waals surface area contributed by atoms with E-state index in [4.69, 9.17) is 6.42 Å². The molecule has 3 rings (SSSR count). The van der Waals surface area contributed by atoms with Gasteiger partial charge in [-0.15, -0.1) is 12.2 Å². The Bertz CT molecular complexity index is 1110. The molecule has 0 amide bonds. The molecule has 1 aliphatic rings. The van der Waals surface area contributed by atoms with Crippen molar-refractivity contribution in [1.82, 2.24) is 0 Å². The maximum atomic E-state index is 5.95. The van der Waals surface area contributed by atoms with Crippen molar-refractivity contribution in [2.45, 2.75) is 39.7 Å². The molecule has 0 aliphatic heterocycles. The second-order valence-corrected chi connectivity index (χ2v) is 7.96. The first-order chi connectivity index (χ1) is 15.0. The first-order valence-electron chi connectivity index (χ1n) is 10.9. The van der Waals surface area contributed by atoms with E-state index in [9.17, 15) is 0 Å². The molecule has 1 aliphatic carbocycles. The van der Waals surface area contributed by atoms with Gasteiger partial charge in [-0.2, -0.15) is 0 Å². The van der Waals surface area contributed by atoms with Gasteiger partial charge in [0.15, 0.2) is 0 Å². The lowest BCUT2D eigenvalue weighted by Gasteiger charge is -2.28. The molecule has 0 saturated heterocycles. The number of hydrogen-bond acceptors (Lipinski definition) is 1. The molecule has 156 valence electrons. The number of nitrogens with zero attached hydrogens (tertiary/aromatic N) is 1. The summed E-state index contributed by atoms with van der Waals surface area (Å²) in [6.07, 6.45) is 22.9. The number of anilines is 1. The second kappa shape index (κ2) is 10.5. The molecule has 2 aromatic rings. The van der Waals surface area contributed by atoms with Crippen molar-refractivity contribution in [2.24, 2.45) is 0 Å². The summed E-state index contributed by atoms with van der Waals surface area (Å²) in [5, 5.41) is 0. The fourth-order valence-electron chi connectivity index (χ4n) is 3.74. The second-order valence-electron chi connectivity index (χ2n) is 7.96. The van der Waals surface area contributed by atoms with E-state index in [0.717, 1.165) is 29.7 Å². The zero-order valence-electron chi connectivity index (χ0n) is 19.0. The highest BCUT2D eigenvalue weighted by Gasteiger charge is 2.17. The molecular weight excluding hydrogens is 374 g/mol. The largest absolute Gasteiger partial charge is 0.356 e. The quantitative estimate of drug-likeness (QED) is 0.278. The molecule has 1 unspecified atom stereocenters. The Morgan fingerprint density at radius 3 is 2.65 bits per heavy atom. The average molecular weight is 406 g/mol. The number of terminal acetylenes is 1. The van der Waals surface area contributed by atoms with E-state index in [1.54, 1.807) is 0 Å². The third-order valence-corrected chi connectivity index (χ3v) is 5.63. The summed E-state index contributed by atoms with van der Waals surface area (Å²) in [5.74, 6) is 2.94. The van der Waals surface area contributed by atoms with Gasteiger partial charge < -0.3 is 4.90 Å². The maximum absolute atomic E-state index is 5.95. The van der Waals surface area contributed by atoms with Crippen molar-refractivity contribution in [1.29, 1.82) is 0 Å². The van der Waals surface area contributed by atoms with Crippen LogP contribution in [0.3, 0.4) is 0 Å². The van der Waals surface area contributed by atoms with Crippen LogP contribution in [-0.2, 0) is 6.42 Å². The van der Waals surface area contributed by atoms with Crippen LogP contribution >= 0.6 is 0 Å². The highest BCUT2D eigenvalue weighted by atomic mass is 15.1. The monoisotopic (exact) mass is 405 g/mol. The van der Waals surface area contributed by atoms with E-state index in [1.807, 2.05) is 25.2 Å². The lowest BCUT2D eigenvalue weighted by atomic mass is 9.92. The van der Waals surface area contributed by atoms with Crippen LogP contribution in [-0.4, -0.2) is 13.1 Å². The van der Waals surface area contributed by atoms with Gasteiger partial charge in [0.25, 0.3) is 0 Å². The molecule has 1 heteroatoms. The summed E-state index contributed by atoms with van der Waals surface area (Å²) < 4.78 is 0. The number of aryl methyl sites for hydroxylation is 2. The van der Waals surface area contributed by atoms with Crippen LogP contribution in [0.5, 0.6) is 0 Å². The smallest absolute Gasteiger partial charge is 0.116 e. The Labute approximate surface area is 187 Å². The number of fused-ring (bicyclic) bond motifs is 1. The highest BCUT2D eigenvalue weighted by molar-refractivity contribution is 5.76.